The van der Waals surface area contributed by atoms with Crippen molar-refractivity contribution in [2.75, 3.05) is 51.9 Å². The Balaban J connectivity index is 1.32. The van der Waals surface area contributed by atoms with Crippen LogP contribution in [0.4, 0.5) is 5.82 Å². The van der Waals surface area contributed by atoms with Crippen LogP contribution in [0.25, 0.3) is 11.3 Å². The molecule has 0 N–H and O–H groups in total. The van der Waals surface area contributed by atoms with Crippen molar-refractivity contribution in [1.82, 2.24) is 15.1 Å². The molecule has 34 heavy (non-hydrogen) atoms. The van der Waals surface area contributed by atoms with Crippen LogP contribution in [0.15, 0.2) is 48.5 Å². The van der Waals surface area contributed by atoms with Gasteiger partial charge in [0.15, 0.2) is 23.9 Å². The fraction of sp³-hybridized carbons (Fsp3) is 0.346. The summed E-state index contributed by atoms with van der Waals surface area (Å²) in [7, 11) is 3.22. The van der Waals surface area contributed by atoms with Crippen LogP contribution in [0.3, 0.4) is 0 Å². The molecule has 1 fully saturated rings. The van der Waals surface area contributed by atoms with Gasteiger partial charge in [0.05, 0.1) is 19.9 Å². The lowest BCUT2D eigenvalue weighted by molar-refractivity contribution is -0.133. The third-order valence-electron chi connectivity index (χ3n) is 5.97. The van der Waals surface area contributed by atoms with E-state index in [1.54, 1.807) is 14.2 Å². The first-order valence-corrected chi connectivity index (χ1v) is 11.3. The number of carbonyl (C=O) groups is 1. The normalized spacial score (nSPS) is 13.5. The van der Waals surface area contributed by atoms with Gasteiger partial charge >= 0.3 is 0 Å². The Kier molecular flexibility index (Phi) is 7.15. The average molecular weight is 463 g/mol. The highest BCUT2D eigenvalue weighted by molar-refractivity contribution is 5.78. The van der Waals surface area contributed by atoms with Gasteiger partial charge in [0.25, 0.3) is 5.91 Å². The lowest BCUT2D eigenvalue weighted by atomic mass is 10.1. The van der Waals surface area contributed by atoms with Crippen molar-refractivity contribution in [1.29, 1.82) is 0 Å². The van der Waals surface area contributed by atoms with Gasteiger partial charge in [-0.05, 0) is 55.8 Å². The largest absolute Gasteiger partial charge is 0.493 e. The predicted molar refractivity (Wildman–Crippen MR) is 131 cm³/mol. The Morgan fingerprint density at radius 2 is 1.59 bits per heavy atom. The molecule has 0 atom stereocenters. The van der Waals surface area contributed by atoms with Crippen molar-refractivity contribution in [2.24, 2.45) is 0 Å². The summed E-state index contributed by atoms with van der Waals surface area (Å²) in [5, 5.41) is 8.81. The van der Waals surface area contributed by atoms with Gasteiger partial charge in [-0.25, -0.2) is 0 Å². The number of amides is 1. The fourth-order valence-corrected chi connectivity index (χ4v) is 4.02. The molecule has 1 amide bonds. The molecular weight excluding hydrogens is 432 g/mol. The molecule has 1 saturated heterocycles. The van der Waals surface area contributed by atoms with Gasteiger partial charge in [0.1, 0.15) is 5.75 Å². The van der Waals surface area contributed by atoms with Crippen LogP contribution in [0, 0.1) is 13.8 Å². The lowest BCUT2D eigenvalue weighted by Gasteiger charge is -2.35. The van der Waals surface area contributed by atoms with E-state index >= 15 is 0 Å². The molecule has 1 aliphatic heterocycles. The number of ether oxygens (including phenoxy) is 3. The number of benzene rings is 2. The van der Waals surface area contributed by atoms with Crippen molar-refractivity contribution >= 4 is 11.7 Å². The van der Waals surface area contributed by atoms with Crippen LogP contribution in [0.5, 0.6) is 17.2 Å². The molecule has 1 aromatic heterocycles. The Labute approximate surface area is 200 Å². The fourth-order valence-electron chi connectivity index (χ4n) is 4.02. The first-order valence-electron chi connectivity index (χ1n) is 11.3. The first-order chi connectivity index (χ1) is 16.5. The van der Waals surface area contributed by atoms with Gasteiger partial charge in [0.2, 0.25) is 0 Å². The molecule has 0 spiro atoms. The molecule has 4 rings (SSSR count). The van der Waals surface area contributed by atoms with Crippen LogP contribution < -0.4 is 19.1 Å². The van der Waals surface area contributed by atoms with Gasteiger partial charge in [-0.2, -0.15) is 0 Å². The minimum Gasteiger partial charge on any atom is -0.493 e. The van der Waals surface area contributed by atoms with E-state index in [9.17, 15) is 4.79 Å². The average Bonchev–Trinajstić information content (AvgIpc) is 2.87. The monoisotopic (exact) mass is 462 g/mol. The molecule has 1 aliphatic rings. The third kappa shape index (κ3) is 5.22. The highest BCUT2D eigenvalue weighted by Gasteiger charge is 2.22. The van der Waals surface area contributed by atoms with Crippen LogP contribution in [0.2, 0.25) is 0 Å². The highest BCUT2D eigenvalue weighted by atomic mass is 16.5. The number of hydrogen-bond donors (Lipinski definition) is 0. The Morgan fingerprint density at radius 1 is 0.853 bits per heavy atom. The van der Waals surface area contributed by atoms with E-state index < -0.39 is 0 Å². The minimum absolute atomic E-state index is 0.00508. The summed E-state index contributed by atoms with van der Waals surface area (Å²) in [6, 6.07) is 15.5. The third-order valence-corrected chi connectivity index (χ3v) is 5.97. The van der Waals surface area contributed by atoms with Crippen LogP contribution in [0.1, 0.15) is 11.1 Å². The number of nitrogens with zero attached hydrogens (tertiary/aromatic N) is 4. The molecule has 3 aromatic rings. The highest BCUT2D eigenvalue weighted by Crippen LogP contribution is 2.31. The van der Waals surface area contributed by atoms with Crippen molar-refractivity contribution in [2.45, 2.75) is 13.8 Å². The number of aromatic nitrogens is 2. The van der Waals surface area contributed by atoms with Crippen LogP contribution in [-0.4, -0.2) is 68.0 Å². The second-order valence-corrected chi connectivity index (χ2v) is 8.27. The number of rotatable bonds is 7. The predicted octanol–water partition coefficient (Wildman–Crippen LogP) is 3.51. The summed E-state index contributed by atoms with van der Waals surface area (Å²) in [4.78, 5) is 16.6. The second-order valence-electron chi connectivity index (χ2n) is 8.27. The van der Waals surface area contributed by atoms with Crippen molar-refractivity contribution in [3.63, 3.8) is 0 Å². The van der Waals surface area contributed by atoms with E-state index in [-0.39, 0.29) is 12.5 Å². The number of aryl methyl sites for hydroxylation is 2. The Morgan fingerprint density at radius 3 is 2.24 bits per heavy atom. The number of carbonyl (C=O) groups excluding carboxylic acids is 1. The molecule has 2 aromatic carbocycles. The molecular formula is C26H30N4O4. The van der Waals surface area contributed by atoms with Crippen molar-refractivity contribution < 1.29 is 19.0 Å². The minimum atomic E-state index is -0.00508. The van der Waals surface area contributed by atoms with Gasteiger partial charge in [-0.15, -0.1) is 10.2 Å². The van der Waals surface area contributed by atoms with Crippen molar-refractivity contribution in [3.8, 4) is 28.5 Å². The number of anilines is 1. The Bertz CT molecular complexity index is 1140. The van der Waals surface area contributed by atoms with Crippen LogP contribution >= 0.6 is 0 Å². The maximum absolute atomic E-state index is 12.6. The van der Waals surface area contributed by atoms with E-state index in [4.69, 9.17) is 14.2 Å². The number of piperazine rings is 1. The molecule has 8 heteroatoms. The molecule has 8 nitrogen and oxygen atoms in total. The van der Waals surface area contributed by atoms with Crippen molar-refractivity contribution in [3.05, 3.63) is 59.7 Å². The topological polar surface area (TPSA) is 77.0 Å². The summed E-state index contributed by atoms with van der Waals surface area (Å²) in [5.41, 5.74) is 3.86. The summed E-state index contributed by atoms with van der Waals surface area (Å²) in [6.45, 7) is 6.70. The zero-order valence-electron chi connectivity index (χ0n) is 20.1. The van der Waals surface area contributed by atoms with E-state index in [2.05, 4.69) is 21.2 Å². The Hall–Kier alpha value is -3.81. The number of methoxy groups -OCH3 is 2. The smallest absolute Gasteiger partial charge is 0.260 e. The zero-order chi connectivity index (χ0) is 24.1. The molecule has 0 bridgehead atoms. The first kappa shape index (κ1) is 23.4. The van der Waals surface area contributed by atoms with Gasteiger partial charge in [-0.3, -0.25) is 4.79 Å². The zero-order valence-corrected chi connectivity index (χ0v) is 20.1. The maximum atomic E-state index is 12.6. The molecule has 2 heterocycles. The molecule has 0 aliphatic carbocycles. The summed E-state index contributed by atoms with van der Waals surface area (Å²) >= 11 is 0. The molecule has 0 radical (unpaired) electrons. The molecule has 178 valence electrons. The molecule has 0 saturated carbocycles. The second kappa shape index (κ2) is 10.4. The summed E-state index contributed by atoms with van der Waals surface area (Å²) in [6.07, 6.45) is 0. The van der Waals surface area contributed by atoms with Gasteiger partial charge in [-0.1, -0.05) is 17.7 Å². The van der Waals surface area contributed by atoms with Crippen LogP contribution in [-0.2, 0) is 4.79 Å². The summed E-state index contributed by atoms with van der Waals surface area (Å²) in [5.74, 6) is 2.86. The number of hydrogen-bond acceptors (Lipinski definition) is 7. The van der Waals surface area contributed by atoms with Gasteiger partial charge < -0.3 is 24.0 Å². The maximum Gasteiger partial charge on any atom is 0.260 e. The quantitative estimate of drug-likeness (QED) is 0.532. The SMILES string of the molecule is COc1ccc(-c2ccc(N3CCN(C(=O)COc4ccc(C)cc4C)CC3)nn2)cc1OC. The molecule has 0 unspecified atom stereocenters. The summed E-state index contributed by atoms with van der Waals surface area (Å²) < 4.78 is 16.4. The van der Waals surface area contributed by atoms with E-state index in [1.165, 1.54) is 5.56 Å². The van der Waals surface area contributed by atoms with E-state index in [0.717, 1.165) is 28.4 Å². The van der Waals surface area contributed by atoms with E-state index in [1.807, 2.05) is 61.2 Å². The lowest BCUT2D eigenvalue weighted by Crippen LogP contribution is -2.50. The van der Waals surface area contributed by atoms with E-state index in [0.29, 0.717) is 37.7 Å². The standard InChI is InChI=1S/C26H30N4O4/c1-18-5-8-22(19(2)15-18)34-17-26(31)30-13-11-29(12-14-30)25-10-7-21(27-28-25)20-6-9-23(32-3)24(16-20)33-4/h5-10,15-16H,11-14,17H2,1-4H3. The van der Waals surface area contributed by atoms with Gasteiger partial charge in [0, 0.05) is 31.7 Å².